The Morgan fingerprint density at radius 3 is 2.40 bits per heavy atom. The van der Waals surface area contributed by atoms with E-state index < -0.39 is 0 Å². The van der Waals surface area contributed by atoms with E-state index in [0.717, 1.165) is 13.0 Å². The molecule has 0 unspecified atom stereocenters. The van der Waals surface area contributed by atoms with E-state index in [-0.39, 0.29) is 5.91 Å². The third-order valence-electron chi connectivity index (χ3n) is 2.03. The highest BCUT2D eigenvalue weighted by molar-refractivity contribution is 7.80. The summed E-state index contributed by atoms with van der Waals surface area (Å²) in [6.45, 7) is 7.67. The number of nitrogens with zero attached hydrogens (tertiary/aromatic N) is 1. The van der Waals surface area contributed by atoms with Crippen molar-refractivity contribution in [1.82, 2.24) is 4.90 Å². The Morgan fingerprint density at radius 1 is 1.40 bits per heavy atom. The van der Waals surface area contributed by atoms with Crippen LogP contribution in [0.4, 0.5) is 0 Å². The van der Waals surface area contributed by atoms with Crippen molar-refractivity contribution in [1.29, 1.82) is 0 Å². The van der Waals surface area contributed by atoms with Crippen molar-refractivity contribution < 1.29 is 4.79 Å². The third kappa shape index (κ3) is 7.31. The minimum absolute atomic E-state index is 0.211. The molecule has 0 radical (unpaired) electrons. The predicted octanol–water partition coefficient (Wildman–Crippen LogP) is 1.95. The van der Waals surface area contributed by atoms with Gasteiger partial charge in [0.1, 0.15) is 0 Å². The number of carbonyl (C=O) groups excluding carboxylic acids is 1. The molecular formula is C11H22N2OS. The fraction of sp³-hybridized carbons (Fsp3) is 0.818. The Balaban J connectivity index is 4.16. The molecule has 0 bridgehead atoms. The number of rotatable bonds is 7. The van der Waals surface area contributed by atoms with Crippen LogP contribution in [0.2, 0.25) is 0 Å². The van der Waals surface area contributed by atoms with Crippen LogP contribution in [0.25, 0.3) is 0 Å². The summed E-state index contributed by atoms with van der Waals surface area (Å²) in [5.41, 5.74) is 5.44. The summed E-state index contributed by atoms with van der Waals surface area (Å²) in [5, 5.41) is 0. The molecule has 0 aliphatic rings. The Kier molecular flexibility index (Phi) is 7.30. The molecule has 15 heavy (non-hydrogen) atoms. The molecule has 4 heteroatoms. The molecule has 88 valence electrons. The number of hydrogen-bond donors (Lipinski definition) is 1. The minimum atomic E-state index is 0.211. The largest absolute Gasteiger partial charge is 0.393 e. The van der Waals surface area contributed by atoms with Gasteiger partial charge in [0.2, 0.25) is 5.91 Å². The summed E-state index contributed by atoms with van der Waals surface area (Å²) in [4.78, 5) is 14.1. The first-order chi connectivity index (χ1) is 6.97. The van der Waals surface area contributed by atoms with E-state index in [4.69, 9.17) is 18.0 Å². The first-order valence-corrected chi connectivity index (χ1v) is 5.94. The number of nitrogens with two attached hydrogens (primary N) is 1. The Hall–Kier alpha value is -0.640. The van der Waals surface area contributed by atoms with Gasteiger partial charge in [0.25, 0.3) is 0 Å². The fourth-order valence-electron chi connectivity index (χ4n) is 1.38. The zero-order chi connectivity index (χ0) is 11.8. The van der Waals surface area contributed by atoms with E-state index in [9.17, 15) is 4.79 Å². The van der Waals surface area contributed by atoms with E-state index in [0.29, 0.717) is 30.3 Å². The highest BCUT2D eigenvalue weighted by Crippen LogP contribution is 2.04. The summed E-state index contributed by atoms with van der Waals surface area (Å²) in [7, 11) is 0. The lowest BCUT2D eigenvalue weighted by molar-refractivity contribution is -0.131. The van der Waals surface area contributed by atoms with Gasteiger partial charge in [-0.05, 0) is 12.3 Å². The van der Waals surface area contributed by atoms with Gasteiger partial charge in [-0.15, -0.1) is 0 Å². The van der Waals surface area contributed by atoms with Crippen molar-refractivity contribution in [2.24, 2.45) is 11.7 Å². The average Bonchev–Trinajstić information content (AvgIpc) is 2.11. The van der Waals surface area contributed by atoms with Gasteiger partial charge in [-0.2, -0.15) is 0 Å². The molecule has 0 rings (SSSR count). The van der Waals surface area contributed by atoms with E-state index >= 15 is 0 Å². The highest BCUT2D eigenvalue weighted by atomic mass is 32.1. The molecule has 0 aromatic carbocycles. The molecule has 0 aliphatic heterocycles. The molecule has 0 fully saturated rings. The van der Waals surface area contributed by atoms with E-state index in [2.05, 4.69) is 13.8 Å². The summed E-state index contributed by atoms with van der Waals surface area (Å²) in [6, 6.07) is 0. The molecule has 0 aromatic heterocycles. The van der Waals surface area contributed by atoms with Crippen LogP contribution in [0, 0.1) is 5.92 Å². The predicted molar refractivity (Wildman–Crippen MR) is 67.7 cm³/mol. The van der Waals surface area contributed by atoms with Crippen LogP contribution in [-0.2, 0) is 4.79 Å². The first-order valence-electron chi connectivity index (χ1n) is 5.53. The lowest BCUT2D eigenvalue weighted by Gasteiger charge is -2.24. The second-order valence-corrected chi connectivity index (χ2v) is 4.72. The maximum absolute atomic E-state index is 11.7. The van der Waals surface area contributed by atoms with Crippen LogP contribution >= 0.6 is 12.2 Å². The molecule has 3 nitrogen and oxygen atoms in total. The Morgan fingerprint density at radius 2 is 2.00 bits per heavy atom. The van der Waals surface area contributed by atoms with Crippen LogP contribution in [-0.4, -0.2) is 28.9 Å². The minimum Gasteiger partial charge on any atom is -0.393 e. The van der Waals surface area contributed by atoms with Crippen molar-refractivity contribution in [2.45, 2.75) is 40.0 Å². The number of carbonyl (C=O) groups is 1. The molecule has 0 spiro atoms. The van der Waals surface area contributed by atoms with Crippen LogP contribution in [0.1, 0.15) is 40.0 Å². The highest BCUT2D eigenvalue weighted by Gasteiger charge is 2.13. The van der Waals surface area contributed by atoms with Gasteiger partial charge in [-0.3, -0.25) is 4.79 Å². The van der Waals surface area contributed by atoms with Crippen molar-refractivity contribution >= 4 is 23.1 Å². The quantitative estimate of drug-likeness (QED) is 0.680. The lowest BCUT2D eigenvalue weighted by Crippen LogP contribution is -2.36. The smallest absolute Gasteiger partial charge is 0.222 e. The Bertz CT molecular complexity index is 217. The van der Waals surface area contributed by atoms with Gasteiger partial charge >= 0.3 is 0 Å². The fourth-order valence-corrected chi connectivity index (χ4v) is 1.47. The van der Waals surface area contributed by atoms with Crippen LogP contribution in [0.3, 0.4) is 0 Å². The molecule has 0 aliphatic carbocycles. The second-order valence-electron chi connectivity index (χ2n) is 4.20. The zero-order valence-corrected chi connectivity index (χ0v) is 10.8. The summed E-state index contributed by atoms with van der Waals surface area (Å²) < 4.78 is 0. The van der Waals surface area contributed by atoms with Crippen molar-refractivity contribution in [3.8, 4) is 0 Å². The van der Waals surface area contributed by atoms with Crippen LogP contribution in [0.15, 0.2) is 0 Å². The van der Waals surface area contributed by atoms with Gasteiger partial charge in [0, 0.05) is 25.9 Å². The zero-order valence-electron chi connectivity index (χ0n) is 9.95. The standard InChI is InChI=1S/C11H22N2OS/c1-4-5-11(14)13(8-9(2)3)7-6-10(12)15/h9H,4-8H2,1-3H3,(H2,12,15). The van der Waals surface area contributed by atoms with E-state index in [1.54, 1.807) is 0 Å². The molecule has 2 N–H and O–H groups in total. The molecular weight excluding hydrogens is 208 g/mol. The molecule has 0 saturated heterocycles. The van der Waals surface area contributed by atoms with Crippen molar-refractivity contribution in [3.63, 3.8) is 0 Å². The summed E-state index contributed by atoms with van der Waals surface area (Å²) in [6.07, 6.45) is 2.13. The Labute approximate surface area is 98.0 Å². The summed E-state index contributed by atoms with van der Waals surface area (Å²) >= 11 is 4.82. The first kappa shape index (κ1) is 14.4. The van der Waals surface area contributed by atoms with Crippen molar-refractivity contribution in [2.75, 3.05) is 13.1 Å². The van der Waals surface area contributed by atoms with Crippen molar-refractivity contribution in [3.05, 3.63) is 0 Å². The van der Waals surface area contributed by atoms with Gasteiger partial charge < -0.3 is 10.6 Å². The van der Waals surface area contributed by atoms with Gasteiger partial charge in [0.05, 0.1) is 4.99 Å². The normalized spacial score (nSPS) is 10.4. The van der Waals surface area contributed by atoms with Gasteiger partial charge in [-0.1, -0.05) is 33.0 Å². The van der Waals surface area contributed by atoms with Crippen LogP contribution < -0.4 is 5.73 Å². The number of thiocarbonyl (C=S) groups is 1. The topological polar surface area (TPSA) is 46.3 Å². The molecule has 0 atom stereocenters. The van der Waals surface area contributed by atoms with E-state index in [1.807, 2.05) is 11.8 Å². The number of hydrogen-bond acceptors (Lipinski definition) is 2. The monoisotopic (exact) mass is 230 g/mol. The molecule has 0 saturated carbocycles. The SMILES string of the molecule is CCCC(=O)N(CCC(N)=S)CC(C)C. The maximum Gasteiger partial charge on any atom is 0.222 e. The molecule has 0 heterocycles. The van der Waals surface area contributed by atoms with Gasteiger partial charge in [-0.25, -0.2) is 0 Å². The van der Waals surface area contributed by atoms with E-state index in [1.165, 1.54) is 0 Å². The third-order valence-corrected chi connectivity index (χ3v) is 2.23. The average molecular weight is 230 g/mol. The lowest BCUT2D eigenvalue weighted by atomic mass is 10.2. The van der Waals surface area contributed by atoms with Gasteiger partial charge in [0.15, 0.2) is 0 Å². The molecule has 0 aromatic rings. The summed E-state index contributed by atoms with van der Waals surface area (Å²) in [5.74, 6) is 0.694. The second kappa shape index (κ2) is 7.63. The maximum atomic E-state index is 11.7. The number of amides is 1. The molecule has 1 amide bonds. The van der Waals surface area contributed by atoms with Crippen LogP contribution in [0.5, 0.6) is 0 Å².